The van der Waals surface area contributed by atoms with Gasteiger partial charge in [-0.2, -0.15) is 26.3 Å². The largest absolute Gasteiger partial charge is 0.416 e. The first-order valence-electron chi connectivity index (χ1n) is 32.7. The molecule has 16 heteroatoms. The zero-order valence-electron chi connectivity index (χ0n) is 52.0. The number of carbonyl (C=O) groups excluding carboxylic acids is 3. The van der Waals surface area contributed by atoms with Crippen LogP contribution in [-0.4, -0.2) is 103 Å². The molecule has 2 heterocycles. The summed E-state index contributed by atoms with van der Waals surface area (Å²) >= 11 is 0. The number of nitrogens with zero attached hydrogens (tertiary/aromatic N) is 2. The highest BCUT2D eigenvalue weighted by Crippen LogP contribution is 2.54. The third-order valence-electron chi connectivity index (χ3n) is 19.8. The van der Waals surface area contributed by atoms with Crippen LogP contribution in [0, 0.1) is 0 Å². The highest BCUT2D eigenvalue weighted by atomic mass is 19.4. The summed E-state index contributed by atoms with van der Waals surface area (Å²) in [6, 6.07) is 56.9. The number of nitrogens with one attached hydrogen (secondary N) is 4. The number of benzene rings is 8. The van der Waals surface area contributed by atoms with Crippen LogP contribution in [0.15, 0.2) is 194 Å². The van der Waals surface area contributed by atoms with E-state index in [-0.39, 0.29) is 29.8 Å². The van der Waals surface area contributed by atoms with Gasteiger partial charge in [0.2, 0.25) is 5.91 Å². The highest BCUT2D eigenvalue weighted by Gasteiger charge is 2.50. The molecule has 2 aliphatic carbocycles. The van der Waals surface area contributed by atoms with Gasteiger partial charge >= 0.3 is 12.4 Å². The summed E-state index contributed by atoms with van der Waals surface area (Å²) in [4.78, 5) is 47.3. The molecule has 4 aliphatic rings. The molecule has 0 bridgehead atoms. The molecule has 8 aromatic carbocycles. The monoisotopic (exact) mass is 1260 g/mol. The molecule has 482 valence electrons. The summed E-state index contributed by atoms with van der Waals surface area (Å²) in [5.74, 6) is -0.540. The molecule has 2 saturated heterocycles. The van der Waals surface area contributed by atoms with Gasteiger partial charge in [0.1, 0.15) is 11.6 Å². The van der Waals surface area contributed by atoms with Gasteiger partial charge in [0, 0.05) is 55.9 Å². The molecule has 0 radical (unpaired) electrons. The molecule has 0 saturated carbocycles. The molecular formula is C77H78F6N6O4. The van der Waals surface area contributed by atoms with E-state index in [1.54, 1.807) is 48.5 Å². The molecular weight excluding hydrogens is 1190 g/mol. The summed E-state index contributed by atoms with van der Waals surface area (Å²) in [5, 5.41) is 26.0. The number of alkyl halides is 6. The lowest BCUT2D eigenvalue weighted by atomic mass is 9.72. The molecule has 3 amide bonds. The number of aliphatic hydroxyl groups excluding tert-OH is 1. The number of hydrogen-bond donors (Lipinski definition) is 5. The number of piperidine rings is 2. The predicted molar refractivity (Wildman–Crippen MR) is 352 cm³/mol. The Labute approximate surface area is 539 Å². The first-order chi connectivity index (χ1) is 45.0. The van der Waals surface area contributed by atoms with Gasteiger partial charge in [0.05, 0.1) is 16.5 Å². The number of likely N-dealkylation sites (tertiary alicyclic amines) is 2. The van der Waals surface area contributed by atoms with Crippen LogP contribution in [0.2, 0.25) is 0 Å². The second-order valence-corrected chi connectivity index (χ2v) is 25.4. The van der Waals surface area contributed by atoms with Crippen molar-refractivity contribution in [2.75, 3.05) is 52.4 Å². The Morgan fingerprint density at radius 1 is 0.441 bits per heavy atom. The number of halogens is 6. The van der Waals surface area contributed by atoms with Crippen molar-refractivity contribution in [3.8, 4) is 44.5 Å². The molecule has 0 spiro atoms. The molecule has 8 aromatic rings. The van der Waals surface area contributed by atoms with Crippen LogP contribution in [0.4, 0.5) is 26.3 Å². The van der Waals surface area contributed by atoms with Crippen LogP contribution >= 0.6 is 0 Å². The Bertz CT molecular complexity index is 3840. The van der Waals surface area contributed by atoms with Gasteiger partial charge < -0.3 is 30.9 Å². The first-order valence-corrected chi connectivity index (χ1v) is 32.7. The molecule has 12 rings (SSSR count). The van der Waals surface area contributed by atoms with Crippen molar-refractivity contribution >= 4 is 17.7 Å². The summed E-state index contributed by atoms with van der Waals surface area (Å²) in [7, 11) is 0. The summed E-state index contributed by atoms with van der Waals surface area (Å²) in [5.41, 5.74) is 8.49. The molecule has 10 nitrogen and oxygen atoms in total. The lowest BCUT2D eigenvalue weighted by Gasteiger charge is -2.38. The van der Waals surface area contributed by atoms with E-state index in [1.165, 1.54) is 24.3 Å². The van der Waals surface area contributed by atoms with E-state index in [4.69, 9.17) is 0 Å². The fourth-order valence-corrected chi connectivity index (χ4v) is 15.0. The van der Waals surface area contributed by atoms with Crippen LogP contribution in [0.25, 0.3) is 44.5 Å². The van der Waals surface area contributed by atoms with E-state index >= 15 is 4.79 Å². The normalized spacial score (nSPS) is 16.6. The maximum absolute atomic E-state index is 15.1. The number of fused-ring (bicyclic) bond motifs is 6. The van der Waals surface area contributed by atoms with Crippen molar-refractivity contribution in [2.24, 2.45) is 0 Å². The molecule has 5 N–H and O–H groups in total. The minimum atomic E-state index is -4.45. The lowest BCUT2D eigenvalue weighted by Crippen LogP contribution is -2.49. The Balaban J connectivity index is 0.636. The lowest BCUT2D eigenvalue weighted by molar-refractivity contribution is -0.138. The predicted octanol–water partition coefficient (Wildman–Crippen LogP) is 14.8. The van der Waals surface area contributed by atoms with Crippen molar-refractivity contribution in [3.63, 3.8) is 0 Å². The third kappa shape index (κ3) is 13.7. The topological polar surface area (TPSA) is 126 Å². The average molecular weight is 1270 g/mol. The molecule has 1 atom stereocenters. The zero-order chi connectivity index (χ0) is 64.7. The summed E-state index contributed by atoms with van der Waals surface area (Å²) < 4.78 is 79.8. The van der Waals surface area contributed by atoms with E-state index in [2.05, 4.69) is 79.6 Å². The highest BCUT2D eigenvalue weighted by molar-refractivity contribution is 6.02. The Kier molecular flexibility index (Phi) is 19.5. The van der Waals surface area contributed by atoms with Gasteiger partial charge in [-0.15, -0.1) is 0 Å². The number of carbonyl (C=O) groups is 3. The van der Waals surface area contributed by atoms with Gasteiger partial charge in [-0.1, -0.05) is 171 Å². The number of hydrogen-bond acceptors (Lipinski definition) is 7. The maximum Gasteiger partial charge on any atom is 0.416 e. The van der Waals surface area contributed by atoms with Crippen LogP contribution < -0.4 is 21.3 Å². The standard InChI is InChI=1S/C77H78F6N6O4/c78-76(79,80)54-34-30-52(31-35-54)58-18-1-3-24-64(58)70(90)86-56-38-48-88(49-39-56)46-15-13-42-74(66-26-9-5-20-60(66)61-21-6-10-27-67(61)74)72(92)84-44-17-45-85-73(93)75(68-28-11-7-22-62(68)63-23-8-12-29-69(63)75)43-14-16-47-89-50-40-57(41-51-89)87-71(91)65-25-4-2-19-59(65)53-32-36-55(37-33-53)77(81,82)83/h1-12,18-37,56-57,72,84,92H,13-17,38-51H2,(H,85,93)(H,86,90)(H,87,91). The van der Waals surface area contributed by atoms with E-state index < -0.39 is 40.5 Å². The molecule has 2 aliphatic heterocycles. The Hall–Kier alpha value is -8.41. The zero-order valence-corrected chi connectivity index (χ0v) is 52.0. The van der Waals surface area contributed by atoms with Crippen LogP contribution in [0.1, 0.15) is 125 Å². The van der Waals surface area contributed by atoms with Crippen molar-refractivity contribution in [2.45, 2.75) is 112 Å². The Morgan fingerprint density at radius 3 is 1.23 bits per heavy atom. The SMILES string of the molecule is O=C(NC1CCN(CCCCC2(C(=O)NCCCNC(O)C3(CCCCN4CCC(NC(=O)c5ccccc5-c5ccc(C(F)(F)F)cc5)CC4)c4ccccc4-c4ccccc43)c3ccccc3-c3ccccc32)CC1)c1ccccc1-c1ccc(C(F)(F)F)cc1. The van der Waals surface area contributed by atoms with Gasteiger partial charge in [-0.25, -0.2) is 0 Å². The van der Waals surface area contributed by atoms with Crippen molar-refractivity contribution in [3.05, 3.63) is 239 Å². The van der Waals surface area contributed by atoms with Gasteiger partial charge in [-0.05, 0) is 181 Å². The van der Waals surface area contributed by atoms with E-state index in [0.717, 1.165) is 159 Å². The number of rotatable bonds is 23. The quantitative estimate of drug-likeness (QED) is 0.0245. The second-order valence-electron chi connectivity index (χ2n) is 25.4. The van der Waals surface area contributed by atoms with Crippen molar-refractivity contribution < 1.29 is 45.8 Å². The number of unbranched alkanes of at least 4 members (excludes halogenated alkanes) is 2. The second kappa shape index (κ2) is 28.0. The summed E-state index contributed by atoms with van der Waals surface area (Å²) in [6.07, 6.45) is -1.52. The number of aliphatic hydroxyl groups is 1. The summed E-state index contributed by atoms with van der Waals surface area (Å²) in [6.45, 7) is 5.73. The minimum absolute atomic E-state index is 0.0402. The van der Waals surface area contributed by atoms with Crippen molar-refractivity contribution in [1.29, 1.82) is 0 Å². The first kappa shape index (κ1) is 64.7. The Morgan fingerprint density at radius 2 is 0.806 bits per heavy atom. The van der Waals surface area contributed by atoms with Crippen molar-refractivity contribution in [1.82, 2.24) is 31.1 Å². The molecule has 0 aromatic heterocycles. The average Bonchev–Trinajstić information content (AvgIpc) is 1.58. The van der Waals surface area contributed by atoms with Crippen LogP contribution in [0.5, 0.6) is 0 Å². The molecule has 93 heavy (non-hydrogen) atoms. The smallest absolute Gasteiger partial charge is 0.377 e. The van der Waals surface area contributed by atoms with Gasteiger partial charge in [-0.3, -0.25) is 19.7 Å². The van der Waals surface area contributed by atoms with E-state index in [0.29, 0.717) is 65.7 Å². The maximum atomic E-state index is 15.1. The van der Waals surface area contributed by atoms with Crippen LogP contribution in [-0.2, 0) is 28.0 Å². The molecule has 1 unspecified atom stereocenters. The van der Waals surface area contributed by atoms with Crippen LogP contribution in [0.3, 0.4) is 0 Å². The fourth-order valence-electron chi connectivity index (χ4n) is 15.0. The van der Waals surface area contributed by atoms with E-state index in [1.807, 2.05) is 48.5 Å². The third-order valence-corrected chi connectivity index (χ3v) is 19.8. The van der Waals surface area contributed by atoms with Gasteiger partial charge in [0.25, 0.3) is 11.8 Å². The minimum Gasteiger partial charge on any atom is -0.377 e. The van der Waals surface area contributed by atoms with Gasteiger partial charge in [0.15, 0.2) is 0 Å². The fraction of sp³-hybridized carbons (Fsp3) is 0.338. The number of amides is 3. The molecule has 2 fully saturated rings. The van der Waals surface area contributed by atoms with E-state index in [9.17, 15) is 41.0 Å².